The molecule has 3 nitrogen and oxygen atoms in total. The van der Waals surface area contributed by atoms with E-state index >= 15 is 0 Å². The summed E-state index contributed by atoms with van der Waals surface area (Å²) in [4.78, 5) is 1.98. The molecule has 1 atom stereocenters. The van der Waals surface area contributed by atoms with Gasteiger partial charge in [0.05, 0.1) is 0 Å². The molecule has 0 heterocycles. The van der Waals surface area contributed by atoms with E-state index in [-0.39, 0.29) is 11.2 Å². The Morgan fingerprint density at radius 2 is 1.75 bits per heavy atom. The third-order valence-corrected chi connectivity index (χ3v) is 6.13. The first-order valence-corrected chi connectivity index (χ1v) is 11.2. The molecular weight excluding hydrogens is 437 g/mol. The first-order valence-electron chi connectivity index (χ1n) is 10.9. The van der Waals surface area contributed by atoms with Gasteiger partial charge in [-0.3, -0.25) is 0 Å². The summed E-state index contributed by atoms with van der Waals surface area (Å²) in [5.41, 5.74) is 2.89. The highest BCUT2D eigenvalue weighted by atomic mass is 35.5. The van der Waals surface area contributed by atoms with Crippen molar-refractivity contribution in [2.75, 3.05) is 30.4 Å². The lowest BCUT2D eigenvalue weighted by atomic mass is 9.76. The predicted molar refractivity (Wildman–Crippen MR) is 129 cm³/mol. The molecule has 0 aliphatic heterocycles. The van der Waals surface area contributed by atoms with Gasteiger partial charge in [0.25, 0.3) is 0 Å². The van der Waals surface area contributed by atoms with Gasteiger partial charge in [-0.05, 0) is 68.0 Å². The van der Waals surface area contributed by atoms with Crippen LogP contribution in [0.1, 0.15) is 51.7 Å². The van der Waals surface area contributed by atoms with E-state index in [4.69, 9.17) is 11.6 Å². The van der Waals surface area contributed by atoms with Gasteiger partial charge < -0.3 is 15.0 Å². The van der Waals surface area contributed by atoms with Crippen LogP contribution in [0.15, 0.2) is 42.5 Å². The summed E-state index contributed by atoms with van der Waals surface area (Å²) in [6, 6.07) is 10.7. The minimum Gasteiger partial charge on any atom is -0.405 e. The van der Waals surface area contributed by atoms with Gasteiger partial charge in [0.2, 0.25) is 0 Å². The Balaban J connectivity index is 2.37. The fourth-order valence-electron chi connectivity index (χ4n) is 3.78. The van der Waals surface area contributed by atoms with Crippen LogP contribution >= 0.6 is 11.6 Å². The van der Waals surface area contributed by atoms with Crippen LogP contribution in [-0.2, 0) is 5.41 Å². The monoisotopic (exact) mass is 468 g/mol. The van der Waals surface area contributed by atoms with Crippen molar-refractivity contribution >= 4 is 29.1 Å². The molecule has 0 amide bonds. The number of nitrogens with zero attached hydrogens (tertiary/aromatic N) is 1. The number of nitrogens with one attached hydrogen (secondary N) is 1. The van der Waals surface area contributed by atoms with Crippen LogP contribution < -0.4 is 15.0 Å². The third-order valence-electron chi connectivity index (χ3n) is 5.90. The molecule has 0 radical (unpaired) electrons. The largest absolute Gasteiger partial charge is 0.573 e. The van der Waals surface area contributed by atoms with Crippen LogP contribution in [0.2, 0.25) is 5.02 Å². The van der Waals surface area contributed by atoms with Crippen LogP contribution in [0.5, 0.6) is 5.75 Å². The lowest BCUT2D eigenvalue weighted by molar-refractivity contribution is -0.274. The van der Waals surface area contributed by atoms with Crippen molar-refractivity contribution in [3.63, 3.8) is 0 Å². The van der Waals surface area contributed by atoms with Gasteiger partial charge in [0.1, 0.15) is 5.75 Å². The quantitative estimate of drug-likeness (QED) is 0.383. The average Bonchev–Trinajstić information content (AvgIpc) is 2.74. The van der Waals surface area contributed by atoms with Crippen molar-refractivity contribution in [2.45, 2.75) is 52.3 Å². The molecule has 0 spiro atoms. The second-order valence-electron chi connectivity index (χ2n) is 7.90. The number of hydrogen-bond donors (Lipinski definition) is 1. The Hall–Kier alpha value is -2.34. The molecule has 176 valence electrons. The standard InChI is InChI=1S/C25H32ClF3N2O/c1-6-24(4,21-16-19(26)12-14-22(21)30-5)15-9-10-18-11-13-20(31(7-2)8-3)17-23(18)32-25(27,28)29/h9-14,16-17,30H,6-8,15H2,1-5H3/b10-9+. The number of anilines is 2. The molecule has 0 aromatic heterocycles. The van der Waals surface area contributed by atoms with Crippen molar-refractivity contribution in [1.82, 2.24) is 0 Å². The summed E-state index contributed by atoms with van der Waals surface area (Å²) in [6.07, 6.45) is 0.302. The van der Waals surface area contributed by atoms with E-state index in [0.29, 0.717) is 35.8 Å². The molecule has 2 aromatic carbocycles. The highest BCUT2D eigenvalue weighted by Crippen LogP contribution is 2.39. The number of hydrogen-bond acceptors (Lipinski definition) is 3. The van der Waals surface area contributed by atoms with E-state index in [1.54, 1.807) is 12.1 Å². The second-order valence-corrected chi connectivity index (χ2v) is 8.34. The van der Waals surface area contributed by atoms with Crippen LogP contribution in [0, 0.1) is 0 Å². The Kier molecular flexibility index (Phi) is 8.90. The van der Waals surface area contributed by atoms with Gasteiger partial charge in [-0.2, -0.15) is 0 Å². The van der Waals surface area contributed by atoms with E-state index in [1.165, 1.54) is 6.07 Å². The molecule has 7 heteroatoms. The number of allylic oxidation sites excluding steroid dienone is 1. The zero-order valence-corrected chi connectivity index (χ0v) is 20.1. The van der Waals surface area contributed by atoms with E-state index in [1.807, 2.05) is 56.1 Å². The highest BCUT2D eigenvalue weighted by Gasteiger charge is 2.32. The number of ether oxygens (including phenoxy) is 1. The fourth-order valence-corrected chi connectivity index (χ4v) is 3.96. The molecule has 1 unspecified atom stereocenters. The molecule has 0 saturated heterocycles. The number of alkyl halides is 3. The topological polar surface area (TPSA) is 24.5 Å². The lowest BCUT2D eigenvalue weighted by Crippen LogP contribution is -2.23. The van der Waals surface area contributed by atoms with E-state index in [9.17, 15) is 13.2 Å². The third kappa shape index (κ3) is 6.58. The van der Waals surface area contributed by atoms with Crippen molar-refractivity contribution in [3.8, 4) is 5.75 Å². The fraction of sp³-hybridized carbons (Fsp3) is 0.440. The minimum absolute atomic E-state index is 0.199. The maximum atomic E-state index is 13.0. The van der Waals surface area contributed by atoms with Gasteiger partial charge in [0.15, 0.2) is 0 Å². The summed E-state index contributed by atoms with van der Waals surface area (Å²) < 4.78 is 43.5. The molecule has 0 saturated carbocycles. The molecule has 0 aliphatic carbocycles. The predicted octanol–water partition coefficient (Wildman–Crippen LogP) is 7.90. The first-order chi connectivity index (χ1) is 15.1. The van der Waals surface area contributed by atoms with E-state index in [0.717, 1.165) is 17.7 Å². The van der Waals surface area contributed by atoms with Gasteiger partial charge in [-0.1, -0.05) is 37.6 Å². The number of benzene rings is 2. The first kappa shape index (κ1) is 25.9. The Bertz CT molecular complexity index is 926. The molecular formula is C25H32ClF3N2O. The lowest BCUT2D eigenvalue weighted by Gasteiger charge is -2.30. The van der Waals surface area contributed by atoms with Crippen LogP contribution in [0.3, 0.4) is 0 Å². The molecule has 2 aromatic rings. The molecule has 0 aliphatic rings. The van der Waals surface area contributed by atoms with Gasteiger partial charge in [-0.25, -0.2) is 0 Å². The summed E-state index contributed by atoms with van der Waals surface area (Å²) >= 11 is 6.24. The van der Waals surface area contributed by atoms with Crippen molar-refractivity contribution < 1.29 is 17.9 Å². The Morgan fingerprint density at radius 3 is 2.31 bits per heavy atom. The summed E-state index contributed by atoms with van der Waals surface area (Å²) in [6.45, 7) is 9.52. The number of rotatable bonds is 10. The summed E-state index contributed by atoms with van der Waals surface area (Å²) in [5.74, 6) is -0.199. The van der Waals surface area contributed by atoms with Crippen LogP contribution in [-0.4, -0.2) is 26.5 Å². The van der Waals surface area contributed by atoms with Gasteiger partial charge in [-0.15, -0.1) is 13.2 Å². The SMILES string of the molecule is CCN(CC)c1ccc(/C=C/CC(C)(CC)c2cc(Cl)ccc2NC)c(OC(F)(F)F)c1. The normalized spacial score (nSPS) is 13.8. The zero-order chi connectivity index (χ0) is 23.9. The van der Waals surface area contributed by atoms with Gasteiger partial charge >= 0.3 is 6.36 Å². The van der Waals surface area contributed by atoms with E-state index < -0.39 is 6.36 Å². The molecule has 0 bridgehead atoms. The smallest absolute Gasteiger partial charge is 0.405 e. The maximum Gasteiger partial charge on any atom is 0.573 e. The average molecular weight is 469 g/mol. The van der Waals surface area contributed by atoms with E-state index in [2.05, 4.69) is 23.9 Å². The Labute approximate surface area is 194 Å². The van der Waals surface area contributed by atoms with Gasteiger partial charge in [0, 0.05) is 48.2 Å². The van der Waals surface area contributed by atoms with Crippen molar-refractivity contribution in [2.24, 2.45) is 0 Å². The number of halogens is 4. The molecule has 32 heavy (non-hydrogen) atoms. The minimum atomic E-state index is -4.76. The second kappa shape index (κ2) is 11.0. The van der Waals surface area contributed by atoms with Crippen molar-refractivity contribution in [3.05, 3.63) is 58.6 Å². The maximum absolute atomic E-state index is 13.0. The zero-order valence-electron chi connectivity index (χ0n) is 19.3. The van der Waals surface area contributed by atoms with Crippen LogP contribution in [0.4, 0.5) is 24.5 Å². The molecule has 1 N–H and O–H groups in total. The summed E-state index contributed by atoms with van der Waals surface area (Å²) in [7, 11) is 1.86. The highest BCUT2D eigenvalue weighted by molar-refractivity contribution is 6.30. The molecule has 0 fully saturated rings. The van der Waals surface area contributed by atoms with Crippen LogP contribution in [0.25, 0.3) is 6.08 Å². The Morgan fingerprint density at radius 1 is 1.06 bits per heavy atom. The van der Waals surface area contributed by atoms with Crippen molar-refractivity contribution in [1.29, 1.82) is 0 Å². The summed E-state index contributed by atoms with van der Waals surface area (Å²) in [5, 5.41) is 3.85. The molecule has 2 rings (SSSR count).